The van der Waals surface area contributed by atoms with Crippen molar-refractivity contribution in [3.63, 3.8) is 0 Å². The van der Waals surface area contributed by atoms with Crippen LogP contribution in [0.25, 0.3) is 0 Å². The van der Waals surface area contributed by atoms with Gasteiger partial charge < -0.3 is 4.74 Å². The maximum atomic E-state index is 5.17. The van der Waals surface area contributed by atoms with Crippen molar-refractivity contribution >= 4 is 0 Å². The molecule has 0 atom stereocenters. The van der Waals surface area contributed by atoms with Gasteiger partial charge in [-0.1, -0.05) is 36.4 Å². The summed E-state index contributed by atoms with van der Waals surface area (Å²) in [5.41, 5.74) is 2.80. The first-order valence-corrected chi connectivity index (χ1v) is 8.02. The second kappa shape index (κ2) is 8.26. The van der Waals surface area contributed by atoms with Crippen LogP contribution in [-0.4, -0.2) is 7.11 Å². The second-order valence-corrected chi connectivity index (χ2v) is 6.04. The first-order valence-electron chi connectivity index (χ1n) is 8.02. The van der Waals surface area contributed by atoms with Crippen LogP contribution in [0.1, 0.15) is 62.5 Å². The van der Waals surface area contributed by atoms with E-state index in [1.807, 2.05) is 0 Å². The molecule has 1 aromatic carbocycles. The zero-order valence-electron chi connectivity index (χ0n) is 13.0. The number of allylic oxidation sites excluding steroid dienone is 2. The van der Waals surface area contributed by atoms with E-state index in [-0.39, 0.29) is 0 Å². The largest absolute Gasteiger partial charge is 0.380 e. The molecule has 0 aromatic heterocycles. The van der Waals surface area contributed by atoms with Gasteiger partial charge in [0.25, 0.3) is 0 Å². The maximum absolute atomic E-state index is 5.17. The maximum Gasteiger partial charge on any atom is 0.0713 e. The monoisotopic (exact) mass is 272 g/mol. The Kier molecular flexibility index (Phi) is 6.32. The third kappa shape index (κ3) is 4.49. The first-order chi connectivity index (χ1) is 9.83. The van der Waals surface area contributed by atoms with Crippen molar-refractivity contribution in [1.29, 1.82) is 0 Å². The van der Waals surface area contributed by atoms with E-state index in [0.717, 1.165) is 18.4 Å². The molecule has 110 valence electrons. The average molecular weight is 272 g/mol. The van der Waals surface area contributed by atoms with Crippen LogP contribution < -0.4 is 0 Å². The molecule has 0 saturated heterocycles. The molecule has 0 aliphatic heterocycles. The first kappa shape index (κ1) is 15.3. The van der Waals surface area contributed by atoms with Crippen LogP contribution in [-0.2, 0) is 11.3 Å². The molecule has 1 aliphatic rings. The minimum Gasteiger partial charge on any atom is -0.380 e. The Morgan fingerprint density at radius 2 is 1.80 bits per heavy atom. The summed E-state index contributed by atoms with van der Waals surface area (Å²) in [5, 5.41) is 0. The second-order valence-electron chi connectivity index (χ2n) is 6.04. The molecule has 0 N–H and O–H groups in total. The van der Waals surface area contributed by atoms with Crippen molar-refractivity contribution in [2.24, 2.45) is 5.92 Å². The molecule has 1 fully saturated rings. The molecule has 0 heterocycles. The molecule has 0 amide bonds. The molecule has 1 nitrogen and oxygen atoms in total. The Hall–Kier alpha value is -1.08. The Morgan fingerprint density at radius 3 is 2.40 bits per heavy atom. The molecule has 0 radical (unpaired) electrons. The zero-order chi connectivity index (χ0) is 14.2. The van der Waals surface area contributed by atoms with E-state index in [9.17, 15) is 0 Å². The van der Waals surface area contributed by atoms with E-state index in [1.165, 1.54) is 49.7 Å². The Balaban J connectivity index is 1.80. The lowest BCUT2D eigenvalue weighted by atomic mass is 9.77. The van der Waals surface area contributed by atoms with Crippen LogP contribution in [0.4, 0.5) is 0 Å². The lowest BCUT2D eigenvalue weighted by Gasteiger charge is -2.28. The Bertz CT molecular complexity index is 396. The summed E-state index contributed by atoms with van der Waals surface area (Å²) in [5.74, 6) is 1.74. The highest BCUT2D eigenvalue weighted by Crippen LogP contribution is 2.37. The third-order valence-electron chi connectivity index (χ3n) is 4.59. The molecular formula is C19H28O. The predicted molar refractivity (Wildman–Crippen MR) is 85.9 cm³/mol. The van der Waals surface area contributed by atoms with Crippen LogP contribution in [0.3, 0.4) is 0 Å². The minimum atomic E-state index is 0.720. The molecule has 2 rings (SSSR count). The molecular weight excluding hydrogens is 244 g/mol. The summed E-state index contributed by atoms with van der Waals surface area (Å²) < 4.78 is 5.17. The van der Waals surface area contributed by atoms with E-state index in [1.54, 1.807) is 7.11 Å². The highest BCUT2D eigenvalue weighted by molar-refractivity contribution is 5.25. The molecule has 1 saturated carbocycles. The van der Waals surface area contributed by atoms with Gasteiger partial charge >= 0.3 is 0 Å². The number of ether oxygens (including phenoxy) is 1. The molecule has 20 heavy (non-hydrogen) atoms. The third-order valence-corrected chi connectivity index (χ3v) is 4.59. The van der Waals surface area contributed by atoms with Gasteiger partial charge in [0.1, 0.15) is 0 Å². The van der Waals surface area contributed by atoms with Gasteiger partial charge in [-0.3, -0.25) is 0 Å². The normalized spacial score (nSPS) is 23.3. The molecule has 1 aliphatic carbocycles. The lowest BCUT2D eigenvalue weighted by Crippen LogP contribution is -2.13. The average Bonchev–Trinajstić information content (AvgIpc) is 2.49. The van der Waals surface area contributed by atoms with Gasteiger partial charge in [-0.2, -0.15) is 0 Å². The van der Waals surface area contributed by atoms with Gasteiger partial charge in [0.15, 0.2) is 0 Å². The fraction of sp³-hybridized carbons (Fsp3) is 0.579. The van der Waals surface area contributed by atoms with Crippen molar-refractivity contribution in [2.75, 3.05) is 7.11 Å². The highest BCUT2D eigenvalue weighted by Gasteiger charge is 2.21. The fourth-order valence-corrected chi connectivity index (χ4v) is 3.34. The number of methoxy groups -OCH3 is 1. The van der Waals surface area contributed by atoms with Crippen molar-refractivity contribution in [1.82, 2.24) is 0 Å². The molecule has 0 unspecified atom stereocenters. The van der Waals surface area contributed by atoms with Crippen molar-refractivity contribution < 1.29 is 4.74 Å². The van der Waals surface area contributed by atoms with Crippen LogP contribution in [0.15, 0.2) is 36.4 Å². The van der Waals surface area contributed by atoms with Crippen LogP contribution >= 0.6 is 0 Å². The Labute approximate surface area is 124 Å². The smallest absolute Gasteiger partial charge is 0.0713 e. The molecule has 0 spiro atoms. The van der Waals surface area contributed by atoms with Crippen LogP contribution in [0, 0.1) is 5.92 Å². The summed E-state index contributed by atoms with van der Waals surface area (Å²) in [7, 11) is 1.75. The van der Waals surface area contributed by atoms with Crippen molar-refractivity contribution in [3.05, 3.63) is 47.5 Å². The predicted octanol–water partition coefficient (Wildman–Crippen LogP) is 5.46. The van der Waals surface area contributed by atoms with E-state index in [2.05, 4.69) is 43.3 Å². The van der Waals surface area contributed by atoms with Crippen molar-refractivity contribution in [3.8, 4) is 0 Å². The van der Waals surface area contributed by atoms with Gasteiger partial charge in [0.2, 0.25) is 0 Å². The van der Waals surface area contributed by atoms with Crippen LogP contribution in [0.5, 0.6) is 0 Å². The van der Waals surface area contributed by atoms with Gasteiger partial charge in [0.05, 0.1) is 6.61 Å². The minimum absolute atomic E-state index is 0.720. The zero-order valence-corrected chi connectivity index (χ0v) is 13.0. The van der Waals surface area contributed by atoms with Gasteiger partial charge in [-0.05, 0) is 68.4 Å². The molecule has 1 heteroatoms. The number of benzene rings is 1. The topological polar surface area (TPSA) is 9.23 Å². The van der Waals surface area contributed by atoms with Crippen molar-refractivity contribution in [2.45, 2.75) is 58.0 Å². The number of hydrogen-bond donors (Lipinski definition) is 0. The van der Waals surface area contributed by atoms with E-state index in [4.69, 9.17) is 4.74 Å². The van der Waals surface area contributed by atoms with Gasteiger partial charge in [0, 0.05) is 7.11 Å². The summed E-state index contributed by atoms with van der Waals surface area (Å²) in [4.78, 5) is 0. The lowest BCUT2D eigenvalue weighted by molar-refractivity contribution is 0.185. The van der Waals surface area contributed by atoms with Crippen LogP contribution in [0.2, 0.25) is 0 Å². The molecule has 0 bridgehead atoms. The number of hydrogen-bond acceptors (Lipinski definition) is 1. The quantitative estimate of drug-likeness (QED) is 0.624. The summed E-state index contributed by atoms with van der Waals surface area (Å²) >= 11 is 0. The SMILES string of the molecule is CC=CCCC1CCC(c2ccc(COC)cc2)CC1. The summed E-state index contributed by atoms with van der Waals surface area (Å²) in [6.45, 7) is 2.84. The Morgan fingerprint density at radius 1 is 1.10 bits per heavy atom. The van der Waals surface area contributed by atoms with E-state index in [0.29, 0.717) is 0 Å². The van der Waals surface area contributed by atoms with Gasteiger partial charge in [-0.15, -0.1) is 0 Å². The molecule has 1 aromatic rings. The van der Waals surface area contributed by atoms with Gasteiger partial charge in [-0.25, -0.2) is 0 Å². The summed E-state index contributed by atoms with van der Waals surface area (Å²) in [6, 6.07) is 9.05. The number of rotatable bonds is 6. The highest BCUT2D eigenvalue weighted by atomic mass is 16.5. The summed E-state index contributed by atoms with van der Waals surface area (Å²) in [6.07, 6.45) is 12.7. The van der Waals surface area contributed by atoms with E-state index < -0.39 is 0 Å². The fourth-order valence-electron chi connectivity index (χ4n) is 3.34. The van der Waals surface area contributed by atoms with E-state index >= 15 is 0 Å². The standard InChI is InChI=1S/C19H28O/c1-3-4-5-6-16-7-11-18(12-8-16)19-13-9-17(10-14-19)15-20-2/h3-4,9-10,13-14,16,18H,5-8,11-12,15H2,1-2H3.